The zero-order valence-electron chi connectivity index (χ0n) is 18.2. The lowest BCUT2D eigenvalue weighted by atomic mass is 10.1. The van der Waals surface area contributed by atoms with Crippen molar-refractivity contribution >= 4 is 37.4 Å². The normalized spacial score (nSPS) is 12.5. The Bertz CT molecular complexity index is 1030. The van der Waals surface area contributed by atoms with Crippen LogP contribution in [0.5, 0.6) is 0 Å². The van der Waals surface area contributed by atoms with E-state index < -0.39 is 12.1 Å². The Balaban J connectivity index is 1.89. The molecule has 2 heterocycles. The van der Waals surface area contributed by atoms with Crippen LogP contribution in [0.3, 0.4) is 0 Å². The highest BCUT2D eigenvalue weighted by Crippen LogP contribution is 2.20. The first-order valence-corrected chi connectivity index (χ1v) is 11.2. The van der Waals surface area contributed by atoms with Crippen molar-refractivity contribution in [1.29, 1.82) is 5.26 Å². The summed E-state index contributed by atoms with van der Waals surface area (Å²) in [4.78, 5) is 17.5. The average Bonchev–Trinajstić information content (AvgIpc) is 3.41. The Labute approximate surface area is 190 Å². The molecule has 2 aromatic heterocycles. The fraction of sp³-hybridized carbons (Fsp3) is 0.261. The predicted molar refractivity (Wildman–Crippen MR) is 134 cm³/mol. The first kappa shape index (κ1) is 24.7. The van der Waals surface area contributed by atoms with Crippen LogP contribution < -0.4 is 21.7 Å². The Morgan fingerprint density at radius 2 is 1.94 bits per heavy atom. The first-order valence-electron chi connectivity index (χ1n) is 10.1. The number of nitrogens with two attached hydrogens (primary N) is 1. The minimum Gasteiger partial charge on any atom is -0.379 e. The van der Waals surface area contributed by atoms with Crippen LogP contribution >= 0.6 is 8.20 Å². The van der Waals surface area contributed by atoms with Gasteiger partial charge in [0.25, 0.3) is 0 Å². The number of hydrogen-bond acceptors (Lipinski definition) is 6. The number of aromatic amines is 2. The van der Waals surface area contributed by atoms with E-state index in [1.807, 2.05) is 31.0 Å². The van der Waals surface area contributed by atoms with Gasteiger partial charge in [-0.05, 0) is 31.0 Å². The largest absolute Gasteiger partial charge is 0.379 e. The maximum absolute atomic E-state index is 11.3. The average molecular weight is 452 g/mol. The SMILES string of the molecule is C=C(CC(C#N)NC(=C)c1cc(NC(=C)c2cc(C)c[nH]2)c[nH]1)NC(C=O)CC=PCN. The van der Waals surface area contributed by atoms with Gasteiger partial charge in [-0.1, -0.05) is 33.7 Å². The van der Waals surface area contributed by atoms with Crippen LogP contribution in [0.4, 0.5) is 5.69 Å². The zero-order valence-corrected chi connectivity index (χ0v) is 19.1. The van der Waals surface area contributed by atoms with E-state index in [4.69, 9.17) is 5.73 Å². The predicted octanol–water partition coefficient (Wildman–Crippen LogP) is 3.30. The smallest absolute Gasteiger partial charge is 0.142 e. The summed E-state index contributed by atoms with van der Waals surface area (Å²) in [7, 11) is 0.975. The van der Waals surface area contributed by atoms with E-state index in [1.165, 1.54) is 0 Å². The molecule has 0 spiro atoms. The van der Waals surface area contributed by atoms with Crippen molar-refractivity contribution in [1.82, 2.24) is 20.6 Å². The Morgan fingerprint density at radius 3 is 2.56 bits per heavy atom. The van der Waals surface area contributed by atoms with E-state index in [9.17, 15) is 10.1 Å². The summed E-state index contributed by atoms with van der Waals surface area (Å²) in [5.74, 6) is 1.93. The molecule has 0 radical (unpaired) electrons. The van der Waals surface area contributed by atoms with Crippen LogP contribution in [0, 0.1) is 18.3 Å². The molecule has 9 heteroatoms. The molecule has 0 aliphatic rings. The van der Waals surface area contributed by atoms with E-state index in [2.05, 4.69) is 51.7 Å². The standard InChI is InChI=1S/C23H30N7OP/c1-15-7-22(26-11-15)17(3)30-21-9-23(27-12-21)18(4)29-20(10-24)8-16(2)28-19(13-31)5-6-32-14-25/h6-7,9,11-13,19-20,26-30H,2-5,8,14,25H2,1H3. The van der Waals surface area contributed by atoms with Crippen molar-refractivity contribution in [2.45, 2.75) is 31.8 Å². The van der Waals surface area contributed by atoms with Crippen LogP contribution in [-0.4, -0.2) is 40.4 Å². The molecule has 2 atom stereocenters. The maximum Gasteiger partial charge on any atom is 0.142 e. The molecule has 8 nitrogen and oxygen atoms in total. The summed E-state index contributed by atoms with van der Waals surface area (Å²) in [6, 6.07) is 5.15. The van der Waals surface area contributed by atoms with Crippen LogP contribution in [0.1, 0.15) is 29.8 Å². The molecular weight excluding hydrogens is 421 g/mol. The van der Waals surface area contributed by atoms with Gasteiger partial charge >= 0.3 is 0 Å². The van der Waals surface area contributed by atoms with Crippen molar-refractivity contribution in [3.63, 3.8) is 0 Å². The third-order valence-corrected chi connectivity index (χ3v) is 5.24. The first-order chi connectivity index (χ1) is 15.4. The van der Waals surface area contributed by atoms with E-state index >= 15 is 0 Å². The third-order valence-electron chi connectivity index (χ3n) is 4.56. The number of aryl methyl sites for hydroxylation is 1. The van der Waals surface area contributed by atoms with Gasteiger partial charge in [0.1, 0.15) is 12.3 Å². The van der Waals surface area contributed by atoms with Gasteiger partial charge in [0.2, 0.25) is 0 Å². The van der Waals surface area contributed by atoms with E-state index in [0.717, 1.165) is 42.8 Å². The van der Waals surface area contributed by atoms with Gasteiger partial charge < -0.3 is 36.4 Å². The fourth-order valence-corrected chi connectivity index (χ4v) is 3.48. The molecule has 0 aromatic carbocycles. The highest BCUT2D eigenvalue weighted by molar-refractivity contribution is 7.38. The number of aromatic nitrogens is 2. The zero-order chi connectivity index (χ0) is 23.5. The van der Waals surface area contributed by atoms with Gasteiger partial charge in [-0.25, -0.2) is 0 Å². The van der Waals surface area contributed by atoms with Crippen molar-refractivity contribution in [3.05, 3.63) is 66.9 Å². The number of nitriles is 1. The van der Waals surface area contributed by atoms with Gasteiger partial charge in [0.15, 0.2) is 0 Å². The summed E-state index contributed by atoms with van der Waals surface area (Å²) in [5, 5.41) is 18.9. The van der Waals surface area contributed by atoms with Crippen molar-refractivity contribution < 1.29 is 4.79 Å². The van der Waals surface area contributed by atoms with E-state index in [0.29, 0.717) is 30.5 Å². The molecule has 0 fully saturated rings. The highest BCUT2D eigenvalue weighted by atomic mass is 31.1. The summed E-state index contributed by atoms with van der Waals surface area (Å²) in [6.07, 6.45) is 5.93. The highest BCUT2D eigenvalue weighted by Gasteiger charge is 2.14. The van der Waals surface area contributed by atoms with Gasteiger partial charge in [0.05, 0.1) is 40.6 Å². The van der Waals surface area contributed by atoms with Crippen LogP contribution in [0.25, 0.3) is 11.4 Å². The van der Waals surface area contributed by atoms with Gasteiger partial charge in [0, 0.05) is 30.8 Å². The van der Waals surface area contributed by atoms with Gasteiger partial charge in [-0.3, -0.25) is 0 Å². The minimum absolute atomic E-state index is 0.323. The number of aldehydes is 1. The van der Waals surface area contributed by atoms with Crippen molar-refractivity contribution in [3.8, 4) is 6.07 Å². The number of anilines is 1. The fourth-order valence-electron chi connectivity index (χ4n) is 2.95. The molecule has 0 saturated carbocycles. The monoisotopic (exact) mass is 451 g/mol. The number of rotatable bonds is 14. The number of nitrogens with zero attached hydrogens (tertiary/aromatic N) is 1. The number of hydrogen-bond donors (Lipinski definition) is 6. The molecule has 0 amide bonds. The van der Waals surface area contributed by atoms with E-state index in [-0.39, 0.29) is 0 Å². The Hall–Kier alpha value is -3.53. The maximum atomic E-state index is 11.3. The molecule has 32 heavy (non-hydrogen) atoms. The molecule has 0 saturated heterocycles. The number of H-pyrrole nitrogens is 2. The lowest BCUT2D eigenvalue weighted by Crippen LogP contribution is -2.34. The molecular formula is C23H30N7OP. The lowest BCUT2D eigenvalue weighted by Gasteiger charge is -2.19. The second-order valence-electron chi connectivity index (χ2n) is 7.28. The van der Waals surface area contributed by atoms with Crippen LogP contribution in [0.2, 0.25) is 0 Å². The molecule has 0 bridgehead atoms. The molecule has 2 rings (SSSR count). The van der Waals surface area contributed by atoms with Crippen LogP contribution in [-0.2, 0) is 4.79 Å². The second kappa shape index (κ2) is 12.4. The molecule has 2 unspecified atom stereocenters. The topological polar surface area (TPSA) is 135 Å². The molecule has 2 aromatic rings. The molecule has 0 aliphatic heterocycles. The quantitative estimate of drug-likeness (QED) is 0.193. The summed E-state index contributed by atoms with van der Waals surface area (Å²) >= 11 is 0. The molecule has 7 N–H and O–H groups in total. The lowest BCUT2D eigenvalue weighted by molar-refractivity contribution is -0.109. The summed E-state index contributed by atoms with van der Waals surface area (Å²) in [6.45, 7) is 14.0. The molecule has 168 valence electrons. The number of carbonyl (C=O) groups excluding carboxylic acids is 1. The van der Waals surface area contributed by atoms with E-state index in [1.54, 1.807) is 6.20 Å². The van der Waals surface area contributed by atoms with Crippen molar-refractivity contribution in [2.24, 2.45) is 5.73 Å². The van der Waals surface area contributed by atoms with Crippen LogP contribution in [0.15, 0.2) is 50.0 Å². The third kappa shape index (κ3) is 7.62. The Morgan fingerprint density at radius 1 is 1.22 bits per heavy atom. The number of nitrogens with one attached hydrogen (secondary N) is 5. The second-order valence-corrected chi connectivity index (χ2v) is 8.37. The van der Waals surface area contributed by atoms with Gasteiger partial charge in [-0.15, -0.1) is 0 Å². The van der Waals surface area contributed by atoms with Crippen molar-refractivity contribution in [2.75, 3.05) is 11.6 Å². The summed E-state index contributed by atoms with van der Waals surface area (Å²) in [5.41, 5.74) is 11.0. The molecule has 0 aliphatic carbocycles. The van der Waals surface area contributed by atoms with Gasteiger partial charge in [-0.2, -0.15) is 5.26 Å². The summed E-state index contributed by atoms with van der Waals surface area (Å²) < 4.78 is 0. The number of carbonyl (C=O) groups is 1. The minimum atomic E-state index is -0.558. The Kier molecular flexibility index (Phi) is 9.55.